The van der Waals surface area contributed by atoms with Crippen LogP contribution in [-0.4, -0.2) is 35.0 Å². The number of aromatic nitrogens is 3. The number of aryl methyl sites for hydroxylation is 1. The standard InChI is InChI=1S/C14H19BrN4O/c1-10-14(15)11(2)19(18-10)13-5-4-12(9-17-13)8-16-6-7-20-3/h4-5,9,16H,6-8H2,1-3H3. The quantitative estimate of drug-likeness (QED) is 0.821. The van der Waals surface area contributed by atoms with E-state index in [-0.39, 0.29) is 0 Å². The first-order chi connectivity index (χ1) is 9.63. The van der Waals surface area contributed by atoms with Crippen molar-refractivity contribution < 1.29 is 4.74 Å². The summed E-state index contributed by atoms with van der Waals surface area (Å²) < 4.78 is 7.87. The Balaban J connectivity index is 2.06. The van der Waals surface area contributed by atoms with Gasteiger partial charge in [-0.3, -0.25) is 0 Å². The van der Waals surface area contributed by atoms with Crippen molar-refractivity contribution in [3.05, 3.63) is 39.8 Å². The molecular formula is C14H19BrN4O. The first kappa shape index (κ1) is 15.2. The van der Waals surface area contributed by atoms with E-state index in [4.69, 9.17) is 4.74 Å². The van der Waals surface area contributed by atoms with Crippen molar-refractivity contribution in [3.8, 4) is 5.82 Å². The van der Waals surface area contributed by atoms with Crippen molar-refractivity contribution in [1.82, 2.24) is 20.1 Å². The SMILES string of the molecule is COCCNCc1ccc(-n2nc(C)c(Br)c2C)nc1. The highest BCUT2D eigenvalue weighted by molar-refractivity contribution is 9.10. The van der Waals surface area contributed by atoms with Gasteiger partial charge in [0.2, 0.25) is 0 Å². The third-order valence-corrected chi connectivity index (χ3v) is 4.19. The van der Waals surface area contributed by atoms with E-state index in [0.717, 1.165) is 40.3 Å². The summed E-state index contributed by atoms with van der Waals surface area (Å²) in [5, 5.41) is 7.76. The molecule has 0 aliphatic heterocycles. The van der Waals surface area contributed by atoms with Crippen molar-refractivity contribution in [2.75, 3.05) is 20.3 Å². The lowest BCUT2D eigenvalue weighted by Crippen LogP contribution is -2.18. The lowest BCUT2D eigenvalue weighted by Gasteiger charge is -2.06. The van der Waals surface area contributed by atoms with Crippen LogP contribution in [0.4, 0.5) is 0 Å². The van der Waals surface area contributed by atoms with Gasteiger partial charge in [-0.05, 0) is 41.4 Å². The number of nitrogens with zero attached hydrogens (tertiary/aromatic N) is 3. The molecule has 108 valence electrons. The Morgan fingerprint density at radius 2 is 2.15 bits per heavy atom. The largest absolute Gasteiger partial charge is 0.383 e. The highest BCUT2D eigenvalue weighted by atomic mass is 79.9. The smallest absolute Gasteiger partial charge is 0.153 e. The molecule has 0 saturated carbocycles. The Morgan fingerprint density at radius 1 is 1.35 bits per heavy atom. The van der Waals surface area contributed by atoms with E-state index in [9.17, 15) is 0 Å². The number of hydrogen-bond acceptors (Lipinski definition) is 4. The van der Waals surface area contributed by atoms with Gasteiger partial charge < -0.3 is 10.1 Å². The Labute approximate surface area is 127 Å². The molecule has 5 nitrogen and oxygen atoms in total. The van der Waals surface area contributed by atoms with Gasteiger partial charge in [0.15, 0.2) is 5.82 Å². The minimum atomic E-state index is 0.714. The van der Waals surface area contributed by atoms with Gasteiger partial charge in [-0.1, -0.05) is 6.07 Å². The molecule has 0 fully saturated rings. The molecule has 0 aliphatic carbocycles. The van der Waals surface area contributed by atoms with Crippen LogP contribution in [0.25, 0.3) is 5.82 Å². The molecule has 2 aromatic rings. The monoisotopic (exact) mass is 338 g/mol. The van der Waals surface area contributed by atoms with Crippen molar-refractivity contribution in [3.63, 3.8) is 0 Å². The van der Waals surface area contributed by atoms with Crippen LogP contribution in [0.2, 0.25) is 0 Å². The summed E-state index contributed by atoms with van der Waals surface area (Å²) in [5.74, 6) is 0.831. The van der Waals surface area contributed by atoms with E-state index in [1.165, 1.54) is 0 Å². The van der Waals surface area contributed by atoms with Crippen LogP contribution in [0.3, 0.4) is 0 Å². The van der Waals surface area contributed by atoms with E-state index in [1.807, 2.05) is 30.8 Å². The first-order valence-corrected chi connectivity index (χ1v) is 7.29. The van der Waals surface area contributed by atoms with Crippen LogP contribution in [0.1, 0.15) is 17.0 Å². The van der Waals surface area contributed by atoms with Crippen molar-refractivity contribution >= 4 is 15.9 Å². The summed E-state index contributed by atoms with van der Waals surface area (Å²) in [6, 6.07) is 4.05. The van der Waals surface area contributed by atoms with Crippen LogP contribution in [0, 0.1) is 13.8 Å². The molecule has 2 aromatic heterocycles. The number of methoxy groups -OCH3 is 1. The Kier molecular flexibility index (Phi) is 5.28. The molecule has 0 aliphatic rings. The van der Waals surface area contributed by atoms with Gasteiger partial charge >= 0.3 is 0 Å². The van der Waals surface area contributed by atoms with Gasteiger partial charge in [0.05, 0.1) is 22.5 Å². The predicted molar refractivity (Wildman–Crippen MR) is 82.1 cm³/mol. The third-order valence-electron chi connectivity index (χ3n) is 3.04. The van der Waals surface area contributed by atoms with Gasteiger partial charge in [-0.2, -0.15) is 5.10 Å². The molecule has 1 N–H and O–H groups in total. The zero-order valence-corrected chi connectivity index (χ0v) is 13.6. The molecule has 0 spiro atoms. The van der Waals surface area contributed by atoms with Crippen molar-refractivity contribution in [2.45, 2.75) is 20.4 Å². The van der Waals surface area contributed by atoms with Gasteiger partial charge in [0.1, 0.15) is 0 Å². The summed E-state index contributed by atoms with van der Waals surface area (Å²) in [4.78, 5) is 4.47. The molecule has 0 amide bonds. The normalized spacial score (nSPS) is 11.0. The first-order valence-electron chi connectivity index (χ1n) is 6.50. The van der Waals surface area contributed by atoms with E-state index >= 15 is 0 Å². The Morgan fingerprint density at radius 3 is 2.70 bits per heavy atom. The van der Waals surface area contributed by atoms with E-state index in [1.54, 1.807) is 7.11 Å². The molecule has 2 heterocycles. The maximum Gasteiger partial charge on any atom is 0.153 e. The van der Waals surface area contributed by atoms with E-state index < -0.39 is 0 Å². The van der Waals surface area contributed by atoms with Crippen molar-refractivity contribution in [1.29, 1.82) is 0 Å². The van der Waals surface area contributed by atoms with E-state index in [0.29, 0.717) is 6.61 Å². The zero-order valence-electron chi connectivity index (χ0n) is 12.0. The number of nitrogens with one attached hydrogen (secondary N) is 1. The summed E-state index contributed by atoms with van der Waals surface area (Å²) in [7, 11) is 1.70. The van der Waals surface area contributed by atoms with Crippen LogP contribution in [0.15, 0.2) is 22.8 Å². The summed E-state index contributed by atoms with van der Waals surface area (Å²) in [6.07, 6.45) is 1.87. The Hall–Kier alpha value is -1.24. The minimum Gasteiger partial charge on any atom is -0.383 e. The molecule has 2 rings (SSSR count). The zero-order chi connectivity index (χ0) is 14.5. The molecule has 0 saturated heterocycles. The fourth-order valence-electron chi connectivity index (χ4n) is 1.90. The molecule has 0 unspecified atom stereocenters. The van der Waals surface area contributed by atoms with E-state index in [2.05, 4.69) is 37.4 Å². The summed E-state index contributed by atoms with van der Waals surface area (Å²) >= 11 is 3.53. The highest BCUT2D eigenvalue weighted by Gasteiger charge is 2.10. The van der Waals surface area contributed by atoms with Gasteiger partial charge in [0, 0.05) is 26.4 Å². The molecular weight excluding hydrogens is 320 g/mol. The average molecular weight is 339 g/mol. The highest BCUT2D eigenvalue weighted by Crippen LogP contribution is 2.22. The summed E-state index contributed by atoms with van der Waals surface area (Å²) in [5.41, 5.74) is 3.17. The van der Waals surface area contributed by atoms with Crippen LogP contribution in [0.5, 0.6) is 0 Å². The molecule has 0 bridgehead atoms. The second-order valence-corrected chi connectivity index (χ2v) is 5.38. The lowest BCUT2D eigenvalue weighted by molar-refractivity contribution is 0.199. The fourth-order valence-corrected chi connectivity index (χ4v) is 2.15. The van der Waals surface area contributed by atoms with Crippen LogP contribution in [-0.2, 0) is 11.3 Å². The summed E-state index contributed by atoms with van der Waals surface area (Å²) in [6.45, 7) is 6.33. The van der Waals surface area contributed by atoms with Crippen LogP contribution >= 0.6 is 15.9 Å². The third kappa shape index (κ3) is 3.45. The van der Waals surface area contributed by atoms with Crippen molar-refractivity contribution in [2.24, 2.45) is 0 Å². The topological polar surface area (TPSA) is 52.0 Å². The molecule has 0 aromatic carbocycles. The number of hydrogen-bond donors (Lipinski definition) is 1. The second-order valence-electron chi connectivity index (χ2n) is 4.59. The number of ether oxygens (including phenoxy) is 1. The Bertz CT molecular complexity index is 565. The number of halogens is 1. The molecule has 20 heavy (non-hydrogen) atoms. The lowest BCUT2D eigenvalue weighted by atomic mass is 10.3. The maximum absolute atomic E-state index is 4.99. The average Bonchev–Trinajstić information content (AvgIpc) is 2.72. The number of pyridine rings is 1. The predicted octanol–water partition coefficient (Wildman–Crippen LogP) is 2.38. The second kappa shape index (κ2) is 6.97. The van der Waals surface area contributed by atoms with Gasteiger partial charge in [0.25, 0.3) is 0 Å². The van der Waals surface area contributed by atoms with Crippen LogP contribution < -0.4 is 5.32 Å². The molecule has 6 heteroatoms. The molecule has 0 atom stereocenters. The fraction of sp³-hybridized carbons (Fsp3) is 0.429. The maximum atomic E-state index is 4.99. The number of rotatable bonds is 6. The van der Waals surface area contributed by atoms with Gasteiger partial charge in [-0.15, -0.1) is 0 Å². The minimum absolute atomic E-state index is 0.714. The molecule has 0 radical (unpaired) electrons. The van der Waals surface area contributed by atoms with Gasteiger partial charge in [-0.25, -0.2) is 9.67 Å².